The molecule has 0 spiro atoms. The Bertz CT molecular complexity index is 573. The fourth-order valence-corrected chi connectivity index (χ4v) is 1.91. The highest BCUT2D eigenvalue weighted by atomic mass is 16.3. The fourth-order valence-electron chi connectivity index (χ4n) is 1.91. The average Bonchev–Trinajstić information content (AvgIpc) is 2.65. The van der Waals surface area contributed by atoms with E-state index >= 15 is 0 Å². The van der Waals surface area contributed by atoms with Gasteiger partial charge in [0.05, 0.1) is 17.0 Å². The lowest BCUT2D eigenvalue weighted by molar-refractivity contribution is -0.116. The molecule has 1 amide bonds. The van der Waals surface area contributed by atoms with Gasteiger partial charge in [0.2, 0.25) is 5.91 Å². The Hall–Kier alpha value is -2.04. The maximum absolute atomic E-state index is 11.4. The standard InChI is InChI=1S/C10H9N3O2/c1-4-5-2-7-8(13-10(15)12-7)3-6(5)11-9(4)14/h2-4H,1H3,(H,11,14)(H2,12,13,15). The summed E-state index contributed by atoms with van der Waals surface area (Å²) in [6, 6.07) is 3.51. The molecule has 3 N–H and O–H groups in total. The second kappa shape index (κ2) is 2.50. The van der Waals surface area contributed by atoms with Crippen LogP contribution in [0.4, 0.5) is 5.69 Å². The predicted octanol–water partition coefficient (Wildman–Crippen LogP) is 1.32. The van der Waals surface area contributed by atoms with Crippen molar-refractivity contribution in [2.24, 2.45) is 0 Å². The Kier molecular flexibility index (Phi) is 1.38. The van der Waals surface area contributed by atoms with E-state index < -0.39 is 0 Å². The quantitative estimate of drug-likeness (QED) is 0.604. The minimum atomic E-state index is -0.150. The number of nitrogens with zero attached hydrogens (tertiary/aromatic N) is 1. The van der Waals surface area contributed by atoms with Crippen LogP contribution >= 0.6 is 0 Å². The zero-order valence-corrected chi connectivity index (χ0v) is 8.03. The molecular weight excluding hydrogens is 194 g/mol. The van der Waals surface area contributed by atoms with Crippen molar-refractivity contribution in [2.45, 2.75) is 12.8 Å². The topological polar surface area (TPSA) is 78.0 Å². The van der Waals surface area contributed by atoms with E-state index in [1.54, 1.807) is 6.07 Å². The van der Waals surface area contributed by atoms with Gasteiger partial charge in [0.25, 0.3) is 6.01 Å². The second-order valence-corrected chi connectivity index (χ2v) is 3.73. The number of hydrogen-bond donors (Lipinski definition) is 3. The van der Waals surface area contributed by atoms with E-state index in [1.165, 1.54) is 0 Å². The minimum absolute atomic E-state index is 0.00174. The number of aromatic amines is 1. The number of anilines is 1. The number of rotatable bonds is 0. The highest BCUT2D eigenvalue weighted by Crippen LogP contribution is 2.35. The zero-order valence-electron chi connectivity index (χ0n) is 8.03. The molecule has 1 aromatic heterocycles. The molecule has 15 heavy (non-hydrogen) atoms. The fraction of sp³-hybridized carbons (Fsp3) is 0.200. The van der Waals surface area contributed by atoms with Crippen molar-refractivity contribution in [1.29, 1.82) is 0 Å². The Morgan fingerprint density at radius 2 is 2.27 bits per heavy atom. The van der Waals surface area contributed by atoms with Gasteiger partial charge in [-0.15, -0.1) is 0 Å². The van der Waals surface area contributed by atoms with E-state index in [4.69, 9.17) is 0 Å². The molecule has 1 unspecified atom stereocenters. The normalized spacial score (nSPS) is 19.3. The zero-order chi connectivity index (χ0) is 10.6. The lowest BCUT2D eigenvalue weighted by atomic mass is 10.0. The summed E-state index contributed by atoms with van der Waals surface area (Å²) in [5.74, 6) is -0.148. The lowest BCUT2D eigenvalue weighted by Gasteiger charge is -1.99. The number of H-pyrrole nitrogens is 1. The number of aromatic hydroxyl groups is 1. The van der Waals surface area contributed by atoms with Crippen LogP contribution in [0.15, 0.2) is 12.1 Å². The number of aromatic nitrogens is 2. The van der Waals surface area contributed by atoms with Gasteiger partial charge in [-0.3, -0.25) is 4.79 Å². The number of benzene rings is 1. The van der Waals surface area contributed by atoms with Gasteiger partial charge in [0.15, 0.2) is 0 Å². The summed E-state index contributed by atoms with van der Waals surface area (Å²) in [5, 5.41) is 12.0. The second-order valence-electron chi connectivity index (χ2n) is 3.73. The van der Waals surface area contributed by atoms with Crippen LogP contribution < -0.4 is 5.32 Å². The van der Waals surface area contributed by atoms with E-state index in [1.807, 2.05) is 13.0 Å². The van der Waals surface area contributed by atoms with Gasteiger partial charge in [0, 0.05) is 5.69 Å². The van der Waals surface area contributed by atoms with Gasteiger partial charge in [-0.2, -0.15) is 4.98 Å². The predicted molar refractivity (Wildman–Crippen MR) is 54.8 cm³/mol. The summed E-state index contributed by atoms with van der Waals surface area (Å²) < 4.78 is 0. The highest BCUT2D eigenvalue weighted by molar-refractivity contribution is 6.04. The van der Waals surface area contributed by atoms with Crippen molar-refractivity contribution in [3.8, 4) is 6.01 Å². The number of imidazole rings is 1. The highest BCUT2D eigenvalue weighted by Gasteiger charge is 2.27. The van der Waals surface area contributed by atoms with E-state index in [0.29, 0.717) is 5.52 Å². The van der Waals surface area contributed by atoms with Crippen LogP contribution in [0.3, 0.4) is 0 Å². The van der Waals surface area contributed by atoms with Gasteiger partial charge in [0.1, 0.15) is 0 Å². The van der Waals surface area contributed by atoms with Crippen molar-refractivity contribution in [2.75, 3.05) is 5.32 Å². The lowest BCUT2D eigenvalue weighted by Crippen LogP contribution is -2.08. The Morgan fingerprint density at radius 1 is 1.47 bits per heavy atom. The maximum atomic E-state index is 11.4. The van der Waals surface area contributed by atoms with Crippen LogP contribution in [0, 0.1) is 0 Å². The molecule has 1 aliphatic heterocycles. The molecule has 0 bridgehead atoms. The van der Waals surface area contributed by atoms with E-state index in [2.05, 4.69) is 15.3 Å². The first-order chi connectivity index (χ1) is 7.15. The molecule has 2 aromatic rings. The van der Waals surface area contributed by atoms with Crippen LogP contribution in [0.1, 0.15) is 18.4 Å². The van der Waals surface area contributed by atoms with Crippen LogP contribution in [-0.2, 0) is 4.79 Å². The largest absolute Gasteiger partial charge is 0.480 e. The van der Waals surface area contributed by atoms with Crippen LogP contribution in [-0.4, -0.2) is 21.0 Å². The van der Waals surface area contributed by atoms with Gasteiger partial charge in [-0.25, -0.2) is 0 Å². The van der Waals surface area contributed by atoms with E-state index in [9.17, 15) is 9.90 Å². The number of carbonyl (C=O) groups is 1. The molecular formula is C10H9N3O2. The van der Waals surface area contributed by atoms with Gasteiger partial charge in [-0.1, -0.05) is 0 Å². The van der Waals surface area contributed by atoms with E-state index in [0.717, 1.165) is 16.8 Å². The molecule has 1 aliphatic rings. The maximum Gasteiger partial charge on any atom is 0.292 e. The summed E-state index contributed by atoms with van der Waals surface area (Å²) in [6.45, 7) is 1.85. The van der Waals surface area contributed by atoms with Gasteiger partial charge in [-0.05, 0) is 24.6 Å². The summed E-state index contributed by atoms with van der Waals surface area (Å²) in [4.78, 5) is 18.0. The third-order valence-corrected chi connectivity index (χ3v) is 2.76. The molecule has 3 rings (SSSR count). The van der Waals surface area contributed by atoms with Crippen molar-refractivity contribution < 1.29 is 9.90 Å². The van der Waals surface area contributed by atoms with E-state index in [-0.39, 0.29) is 17.8 Å². The number of amides is 1. The van der Waals surface area contributed by atoms with Crippen molar-refractivity contribution >= 4 is 22.6 Å². The first-order valence-electron chi connectivity index (χ1n) is 4.68. The summed E-state index contributed by atoms with van der Waals surface area (Å²) in [7, 11) is 0. The van der Waals surface area contributed by atoms with Crippen LogP contribution in [0.5, 0.6) is 6.01 Å². The monoisotopic (exact) mass is 203 g/mol. The molecule has 1 atom stereocenters. The SMILES string of the molecule is CC1C(=O)Nc2cc3[nH]c(O)nc3cc21. The number of nitrogens with one attached hydrogen (secondary N) is 2. The third kappa shape index (κ3) is 1.03. The van der Waals surface area contributed by atoms with Crippen LogP contribution in [0.2, 0.25) is 0 Å². The molecule has 0 aliphatic carbocycles. The first-order valence-corrected chi connectivity index (χ1v) is 4.68. The molecule has 76 valence electrons. The summed E-state index contributed by atoms with van der Waals surface area (Å²) >= 11 is 0. The first kappa shape index (κ1) is 8.28. The van der Waals surface area contributed by atoms with Gasteiger partial charge < -0.3 is 15.4 Å². The number of fused-ring (bicyclic) bond motifs is 2. The molecule has 0 radical (unpaired) electrons. The van der Waals surface area contributed by atoms with Crippen molar-refractivity contribution in [3.63, 3.8) is 0 Å². The molecule has 5 heteroatoms. The molecule has 0 saturated carbocycles. The molecule has 5 nitrogen and oxygen atoms in total. The summed E-state index contributed by atoms with van der Waals surface area (Å²) in [6.07, 6.45) is 0. The van der Waals surface area contributed by atoms with Gasteiger partial charge >= 0.3 is 0 Å². The third-order valence-electron chi connectivity index (χ3n) is 2.76. The molecule has 0 saturated heterocycles. The Morgan fingerprint density at radius 3 is 3.07 bits per heavy atom. The van der Waals surface area contributed by atoms with Crippen molar-refractivity contribution in [3.05, 3.63) is 17.7 Å². The number of hydrogen-bond acceptors (Lipinski definition) is 3. The van der Waals surface area contributed by atoms with Crippen molar-refractivity contribution in [1.82, 2.24) is 9.97 Å². The minimum Gasteiger partial charge on any atom is -0.480 e. The summed E-state index contributed by atoms with van der Waals surface area (Å²) in [5.41, 5.74) is 3.12. The molecule has 1 aromatic carbocycles. The number of carbonyl (C=O) groups excluding carboxylic acids is 1. The Balaban J connectivity index is 2.30. The van der Waals surface area contributed by atoms with Crippen LogP contribution in [0.25, 0.3) is 11.0 Å². The Labute approximate surface area is 85.1 Å². The molecule has 2 heterocycles. The average molecular weight is 203 g/mol. The molecule has 0 fully saturated rings. The smallest absolute Gasteiger partial charge is 0.292 e.